The monoisotopic (exact) mass is 500 g/mol. The van der Waals surface area contributed by atoms with E-state index < -0.39 is 5.82 Å². The summed E-state index contributed by atoms with van der Waals surface area (Å²) in [6, 6.07) is 7.57. The normalized spacial score (nSPS) is 14.9. The Morgan fingerprint density at radius 3 is 2.71 bits per heavy atom. The van der Waals surface area contributed by atoms with E-state index in [1.54, 1.807) is 18.3 Å². The van der Waals surface area contributed by atoms with Crippen LogP contribution >= 0.6 is 11.6 Å². The van der Waals surface area contributed by atoms with Crippen LogP contribution in [0.3, 0.4) is 0 Å². The number of hydrogen-bond acceptors (Lipinski definition) is 7. The van der Waals surface area contributed by atoms with Crippen LogP contribution in [0.4, 0.5) is 15.9 Å². The first-order valence-corrected chi connectivity index (χ1v) is 12.0. The lowest BCUT2D eigenvalue weighted by atomic mass is 10.0. The molecule has 1 unspecified atom stereocenters. The predicted octanol–water partition coefficient (Wildman–Crippen LogP) is 3.72. The van der Waals surface area contributed by atoms with Crippen molar-refractivity contribution in [3.05, 3.63) is 58.5 Å². The number of hydrogen-bond donors (Lipinski definition) is 2. The number of morpholine rings is 1. The first-order valence-electron chi connectivity index (χ1n) is 11.6. The number of fused-ring (bicyclic) bond motifs is 1. The van der Waals surface area contributed by atoms with Crippen molar-refractivity contribution in [3.8, 4) is 0 Å². The van der Waals surface area contributed by atoms with Gasteiger partial charge in [0, 0.05) is 48.0 Å². The molecule has 1 aliphatic heterocycles. The molecule has 2 N–H and O–H groups in total. The van der Waals surface area contributed by atoms with Crippen molar-refractivity contribution in [2.75, 3.05) is 63.7 Å². The van der Waals surface area contributed by atoms with Crippen LogP contribution in [0.5, 0.6) is 0 Å². The summed E-state index contributed by atoms with van der Waals surface area (Å²) in [7, 11) is 3.90. The summed E-state index contributed by atoms with van der Waals surface area (Å²) in [6.07, 6.45) is 1.73. The van der Waals surface area contributed by atoms with Gasteiger partial charge in [-0.25, -0.2) is 9.37 Å². The zero-order valence-corrected chi connectivity index (χ0v) is 20.9. The number of likely N-dealkylation sites (N-methyl/N-ethyl adjacent to an activating group) is 1. The molecule has 1 fully saturated rings. The Bertz CT molecular complexity index is 1180. The van der Waals surface area contributed by atoms with Crippen LogP contribution in [0.1, 0.15) is 28.9 Å². The third kappa shape index (κ3) is 6.36. The van der Waals surface area contributed by atoms with Gasteiger partial charge in [0.15, 0.2) is 0 Å². The third-order valence-electron chi connectivity index (χ3n) is 5.82. The van der Waals surface area contributed by atoms with Crippen LogP contribution in [-0.2, 0) is 4.74 Å². The molecule has 0 aliphatic carbocycles. The smallest absolute Gasteiger partial charge is 0.251 e. The number of nitrogens with zero attached hydrogens (tertiary/aromatic N) is 4. The zero-order chi connectivity index (χ0) is 24.9. The molecule has 10 heteroatoms. The Balaban J connectivity index is 1.71. The Morgan fingerprint density at radius 1 is 1.23 bits per heavy atom. The summed E-state index contributed by atoms with van der Waals surface area (Å²) in [5.74, 6) is 0.141. The van der Waals surface area contributed by atoms with Crippen LogP contribution in [0.2, 0.25) is 5.02 Å². The highest BCUT2D eigenvalue weighted by molar-refractivity contribution is 6.30. The molecule has 1 saturated heterocycles. The van der Waals surface area contributed by atoms with Gasteiger partial charge in [-0.3, -0.25) is 9.78 Å². The first-order chi connectivity index (χ1) is 16.8. The second-order valence-electron chi connectivity index (χ2n) is 8.84. The largest absolute Gasteiger partial charge is 0.378 e. The molecule has 186 valence electrons. The number of anilines is 2. The molecule has 1 amide bonds. The van der Waals surface area contributed by atoms with Crippen molar-refractivity contribution >= 4 is 40.0 Å². The number of ether oxygens (including phenoxy) is 1. The lowest BCUT2D eigenvalue weighted by Crippen LogP contribution is -2.36. The van der Waals surface area contributed by atoms with E-state index >= 15 is 0 Å². The molecule has 4 rings (SSSR count). The van der Waals surface area contributed by atoms with E-state index in [4.69, 9.17) is 21.3 Å². The van der Waals surface area contributed by atoms with E-state index in [-0.39, 0.29) is 11.9 Å². The molecule has 0 radical (unpaired) electrons. The van der Waals surface area contributed by atoms with Gasteiger partial charge >= 0.3 is 0 Å². The Labute approximate surface area is 209 Å². The maximum Gasteiger partial charge on any atom is 0.251 e. The van der Waals surface area contributed by atoms with Crippen LogP contribution in [-0.4, -0.2) is 74.3 Å². The van der Waals surface area contributed by atoms with Gasteiger partial charge in [-0.15, -0.1) is 0 Å². The standard InChI is InChI=1S/C25H30ClFN6O2/c1-16(30-20-13-18(26)12-19(27)14-20)21-10-17(25(34)28-4-5-32(2)3)11-22-24(21)31-23(15-29-22)33-6-8-35-9-7-33/h10-16,30H,4-9H2,1-3H3,(H,28,34). The Morgan fingerprint density at radius 2 is 2.00 bits per heavy atom. The molecule has 2 aromatic carbocycles. The van der Waals surface area contributed by atoms with Crippen molar-refractivity contribution in [1.82, 2.24) is 20.2 Å². The minimum Gasteiger partial charge on any atom is -0.378 e. The number of carbonyl (C=O) groups is 1. The predicted molar refractivity (Wildman–Crippen MR) is 137 cm³/mol. The molecule has 1 aliphatic rings. The molecule has 0 bridgehead atoms. The number of carbonyl (C=O) groups excluding carboxylic acids is 1. The lowest BCUT2D eigenvalue weighted by Gasteiger charge is -2.28. The van der Waals surface area contributed by atoms with E-state index in [1.807, 2.05) is 32.0 Å². The molecular weight excluding hydrogens is 471 g/mol. The van der Waals surface area contributed by atoms with Crippen molar-refractivity contribution in [2.24, 2.45) is 0 Å². The highest BCUT2D eigenvalue weighted by Crippen LogP contribution is 2.29. The summed E-state index contributed by atoms with van der Waals surface area (Å²) >= 11 is 6.04. The summed E-state index contributed by atoms with van der Waals surface area (Å²) < 4.78 is 19.4. The Hall–Kier alpha value is -3.01. The second-order valence-corrected chi connectivity index (χ2v) is 9.28. The first kappa shape index (κ1) is 25.1. The van der Waals surface area contributed by atoms with E-state index in [0.717, 1.165) is 31.0 Å². The summed E-state index contributed by atoms with van der Waals surface area (Å²) in [4.78, 5) is 26.6. The van der Waals surface area contributed by atoms with Gasteiger partial charge in [0.2, 0.25) is 0 Å². The van der Waals surface area contributed by atoms with Crippen LogP contribution in [0.15, 0.2) is 36.5 Å². The third-order valence-corrected chi connectivity index (χ3v) is 6.04. The molecule has 35 heavy (non-hydrogen) atoms. The number of rotatable bonds is 8. The van der Waals surface area contributed by atoms with Crippen molar-refractivity contribution in [3.63, 3.8) is 0 Å². The number of halogens is 2. The van der Waals surface area contributed by atoms with Crippen LogP contribution in [0, 0.1) is 5.82 Å². The van der Waals surface area contributed by atoms with Gasteiger partial charge < -0.3 is 25.2 Å². The topological polar surface area (TPSA) is 82.6 Å². The quantitative estimate of drug-likeness (QED) is 0.487. The maximum atomic E-state index is 13.9. The van der Waals surface area contributed by atoms with Gasteiger partial charge in [0.1, 0.15) is 11.6 Å². The molecular formula is C25H30ClFN6O2. The number of nitrogens with one attached hydrogen (secondary N) is 2. The summed E-state index contributed by atoms with van der Waals surface area (Å²) in [6.45, 7) is 5.93. The molecule has 8 nitrogen and oxygen atoms in total. The zero-order valence-electron chi connectivity index (χ0n) is 20.1. The highest BCUT2D eigenvalue weighted by Gasteiger charge is 2.20. The number of aromatic nitrogens is 2. The Kier molecular flexibility index (Phi) is 8.00. The van der Waals surface area contributed by atoms with E-state index in [1.165, 1.54) is 12.1 Å². The van der Waals surface area contributed by atoms with Crippen molar-refractivity contribution in [1.29, 1.82) is 0 Å². The number of benzene rings is 2. The van der Waals surface area contributed by atoms with Gasteiger partial charge in [-0.1, -0.05) is 11.6 Å². The van der Waals surface area contributed by atoms with Gasteiger partial charge in [-0.05, 0) is 51.4 Å². The average molecular weight is 501 g/mol. The molecule has 1 atom stereocenters. The number of amides is 1. The summed E-state index contributed by atoms with van der Waals surface area (Å²) in [5.41, 5.74) is 3.10. The van der Waals surface area contributed by atoms with Crippen molar-refractivity contribution < 1.29 is 13.9 Å². The average Bonchev–Trinajstić information content (AvgIpc) is 2.82. The van der Waals surface area contributed by atoms with Crippen molar-refractivity contribution in [2.45, 2.75) is 13.0 Å². The minimum atomic E-state index is -0.430. The fraction of sp³-hybridized carbons (Fsp3) is 0.400. The summed E-state index contributed by atoms with van der Waals surface area (Å²) in [5, 5.41) is 6.54. The van der Waals surface area contributed by atoms with E-state index in [9.17, 15) is 9.18 Å². The SMILES string of the molecule is CC(Nc1cc(F)cc(Cl)c1)c1cc(C(=O)NCCN(C)C)cc2ncc(N3CCOCC3)nc12. The van der Waals surface area contributed by atoms with Gasteiger partial charge in [-0.2, -0.15) is 0 Å². The fourth-order valence-corrected chi connectivity index (χ4v) is 4.22. The maximum absolute atomic E-state index is 13.9. The van der Waals surface area contributed by atoms with E-state index in [2.05, 4.69) is 20.5 Å². The highest BCUT2D eigenvalue weighted by atomic mass is 35.5. The van der Waals surface area contributed by atoms with Gasteiger partial charge in [0.25, 0.3) is 5.91 Å². The van der Waals surface area contributed by atoms with E-state index in [0.29, 0.717) is 47.1 Å². The second kappa shape index (κ2) is 11.2. The minimum absolute atomic E-state index is 0.185. The van der Waals surface area contributed by atoms with Crippen LogP contribution in [0.25, 0.3) is 11.0 Å². The molecule has 0 spiro atoms. The molecule has 0 saturated carbocycles. The fourth-order valence-electron chi connectivity index (χ4n) is 4.00. The lowest BCUT2D eigenvalue weighted by molar-refractivity contribution is 0.0951. The molecule has 3 aromatic rings. The van der Waals surface area contributed by atoms with Crippen LogP contribution < -0.4 is 15.5 Å². The molecule has 2 heterocycles. The molecule has 1 aromatic heterocycles. The van der Waals surface area contributed by atoms with Gasteiger partial charge in [0.05, 0.1) is 36.5 Å².